The van der Waals surface area contributed by atoms with Gasteiger partial charge in [-0.25, -0.2) is 43.3 Å². The minimum Gasteiger partial charge on any atom is -0.478 e. The summed E-state index contributed by atoms with van der Waals surface area (Å²) in [5.74, 6) is -3.39. The molecule has 33 nitrogen and oxygen atoms in total. The van der Waals surface area contributed by atoms with Crippen molar-refractivity contribution in [2.45, 2.75) is 539 Å². The van der Waals surface area contributed by atoms with Crippen LogP contribution in [-0.4, -0.2) is 141 Å². The van der Waals surface area contributed by atoms with Crippen LogP contribution >= 0.6 is 0 Å². The van der Waals surface area contributed by atoms with Crippen LogP contribution < -0.4 is 0 Å². The maximum Gasteiger partial charge on any atom is 0.550 e. The van der Waals surface area contributed by atoms with E-state index in [1.54, 1.807) is 62.3 Å². The maximum absolute atomic E-state index is 12.2. The first-order valence-corrected chi connectivity index (χ1v) is 49.9. The molecule has 0 aromatic heterocycles. The van der Waals surface area contributed by atoms with Crippen LogP contribution in [0, 0.1) is 51.8 Å². The Labute approximate surface area is 826 Å². The second-order valence-electron chi connectivity index (χ2n) is 46.4. The number of hydrogen-bond donors (Lipinski definition) is 1. The van der Waals surface area contributed by atoms with Crippen LogP contribution in [-0.2, 0) is 140 Å². The molecule has 4 unspecified atom stereocenters. The van der Waals surface area contributed by atoms with E-state index in [0.717, 1.165) is 154 Å². The van der Waals surface area contributed by atoms with E-state index in [0.29, 0.717) is 49.7 Å². The molecule has 137 heavy (non-hydrogen) atoms. The molecule has 0 aliphatic heterocycles. The highest BCUT2D eigenvalue weighted by Crippen LogP contribution is 2.41. The summed E-state index contributed by atoms with van der Waals surface area (Å²) in [6.45, 7) is 82.0. The van der Waals surface area contributed by atoms with Crippen LogP contribution in [0.5, 0.6) is 0 Å². The monoisotopic (exact) mass is 1970 g/mol. The summed E-state index contributed by atoms with van der Waals surface area (Å²) < 4.78 is 20.3. The number of carbonyl (C=O) groups excluding carboxylic acids is 9. The Morgan fingerprint density at radius 2 is 0.664 bits per heavy atom. The van der Waals surface area contributed by atoms with Crippen molar-refractivity contribution in [1.29, 1.82) is 0 Å². The molecule has 0 bridgehead atoms. The molecular weight excluding hydrogens is 1780 g/mol. The number of carboxylic acid groups (broad SMARTS) is 1. The van der Waals surface area contributed by atoms with Crippen molar-refractivity contribution in [3.8, 4) is 0 Å². The predicted octanol–water partition coefficient (Wildman–Crippen LogP) is 27.8. The second-order valence-corrected chi connectivity index (χ2v) is 46.4. The molecule has 1 N–H and O–H groups in total. The Kier molecular flexibility index (Phi) is 70.3. The fraction of sp³-hybridized carbons (Fsp3) is 0.885. The smallest absolute Gasteiger partial charge is 0.478 e. The maximum atomic E-state index is 12.2. The summed E-state index contributed by atoms with van der Waals surface area (Å²) in [4.78, 5) is 203. The number of carboxylic acids is 1. The van der Waals surface area contributed by atoms with Crippen LogP contribution in [0.3, 0.4) is 0 Å². The lowest BCUT2D eigenvalue weighted by molar-refractivity contribution is -0.537. The normalized spacial score (nSPS) is 16.6. The molecule has 33 heteroatoms. The number of rotatable bonds is 44. The fourth-order valence-corrected chi connectivity index (χ4v) is 12.2. The van der Waals surface area contributed by atoms with Crippen molar-refractivity contribution in [3.05, 3.63) is 12.2 Å². The molecule has 0 amide bonds. The topological polar surface area (TPSA) is 394 Å². The molecule has 2 rings (SSSR count). The zero-order valence-electron chi connectivity index (χ0n) is 93.4. The highest BCUT2D eigenvalue weighted by Gasteiger charge is 2.38. The van der Waals surface area contributed by atoms with E-state index in [1.165, 1.54) is 0 Å². The Hall–Kier alpha value is -6.56. The number of esters is 1. The van der Waals surface area contributed by atoms with Crippen LogP contribution in [0.4, 0.5) is 14.4 Å². The van der Waals surface area contributed by atoms with Crippen LogP contribution in [0.1, 0.15) is 471 Å². The summed E-state index contributed by atoms with van der Waals surface area (Å²) >= 11 is 0. The van der Waals surface area contributed by atoms with Gasteiger partial charge in [0.1, 0.15) is 45.8 Å². The average molecular weight is 1970 g/mol. The Morgan fingerprint density at radius 3 is 0.964 bits per heavy atom. The number of unbranched alkanes of at least 4 members (excludes halogenated alkanes) is 4. The van der Waals surface area contributed by atoms with E-state index in [9.17, 15) is 47.9 Å². The van der Waals surface area contributed by atoms with Crippen LogP contribution in [0.15, 0.2) is 12.2 Å². The van der Waals surface area contributed by atoms with Crippen molar-refractivity contribution in [1.82, 2.24) is 0 Å². The Bertz CT molecular complexity index is 3170. The van der Waals surface area contributed by atoms with Gasteiger partial charge in [-0.2, -0.15) is 58.5 Å². The molecule has 2 saturated carbocycles. The van der Waals surface area contributed by atoms with Crippen molar-refractivity contribution in [2.24, 2.45) is 51.8 Å². The van der Waals surface area contributed by atoms with Crippen molar-refractivity contribution >= 4 is 60.3 Å². The molecule has 0 saturated heterocycles. The van der Waals surface area contributed by atoms with Gasteiger partial charge in [-0.1, -0.05) is 163 Å². The van der Waals surface area contributed by atoms with Gasteiger partial charge in [-0.05, 0) is 323 Å². The van der Waals surface area contributed by atoms with Crippen molar-refractivity contribution < 1.29 is 160 Å². The van der Waals surface area contributed by atoms with Crippen molar-refractivity contribution in [3.63, 3.8) is 0 Å². The first-order chi connectivity index (χ1) is 62.3. The highest BCUT2D eigenvalue weighted by atomic mass is 17.3. The number of aliphatic carboxylic acids is 1. The van der Waals surface area contributed by atoms with Crippen LogP contribution in [0.2, 0.25) is 0 Å². The standard InChI is InChI=1S/C24H46O6.C22H38O6.C17H34O6.C13H26O3.C12H24O3.C8H12O5.C8H16O4/c1-9-13-15-19(11-3)21(25)27-29-23(5,6)17-18-24(7,8)30-28-22(26)20(12-4)16-14-10-2;1-21(2,3)15-7-11-17(12-8-15)25-19(23)27-28-20(24)26-18-13-9-16(10-14-18)22(4,5)6;1-9-10-13-19-14(18)11-12-17(8,22-20-15(2,3)4)23-21-16(5,6)7;1-10(9-12(2,3)4)8-11(14)15-16-13(5,6)7;1-6-8-9-10(7-2)11(13)14-15-12(3,4)5;1-8(2,3)13-12-7(11)5-4-6(9)10;1-6(2)10-7(9)11-12-8(3,4)5/h19-20H,9-18H2,1-8H3;15-18H,7-14H2,1-6H3;9-13H2,1-8H3;10H,8-9H2,1-7H3;10H,6-9H2,1-5H3;4-5H,1-3H3,(H,9,10);6H,1-5H3/b;;;;;5-4-;. The van der Waals surface area contributed by atoms with Gasteiger partial charge in [0, 0.05) is 18.6 Å². The molecule has 0 aromatic carbocycles. The molecule has 4 atom stereocenters. The molecule has 2 fully saturated rings. The number of hydrogen-bond acceptors (Lipinski definition) is 32. The molecule has 2 aliphatic carbocycles. The summed E-state index contributed by atoms with van der Waals surface area (Å²) in [5, 5.41) is 8.16. The molecule has 2 aliphatic rings. The first kappa shape index (κ1) is 139. The Morgan fingerprint density at radius 1 is 0.343 bits per heavy atom. The summed E-state index contributed by atoms with van der Waals surface area (Å²) in [6.07, 6.45) is 21.3. The van der Waals surface area contributed by atoms with E-state index in [1.807, 2.05) is 138 Å². The van der Waals surface area contributed by atoms with E-state index < -0.39 is 81.0 Å². The third-order valence-corrected chi connectivity index (χ3v) is 19.9. The predicted molar refractivity (Wildman–Crippen MR) is 524 cm³/mol. The third-order valence-electron chi connectivity index (χ3n) is 19.9. The average Bonchev–Trinajstić information content (AvgIpc) is 0.864. The molecule has 810 valence electrons. The van der Waals surface area contributed by atoms with E-state index in [4.69, 9.17) is 82.9 Å². The molecular formula is C104H196O33. The van der Waals surface area contributed by atoms with Gasteiger partial charge in [0.05, 0.1) is 54.5 Å². The summed E-state index contributed by atoms with van der Waals surface area (Å²) in [6, 6.07) is 0. The van der Waals surface area contributed by atoms with Crippen molar-refractivity contribution in [2.75, 3.05) is 6.61 Å². The second kappa shape index (κ2) is 69.4. The number of ether oxygens (including phenoxy) is 4. The fourth-order valence-electron chi connectivity index (χ4n) is 12.2. The SMILES string of the molecule is CC(C)(C)C1CCC(OC(=O)OOC(=O)OC2CCC(C(C)(C)C)CC2)CC1.CC(C)(C)OOC(=O)/C=C\C(=O)O.CC(C)OC(=O)OOC(C)(C)C.CC(CC(=O)OOC(C)(C)C)CC(C)(C)C.CCCCC(CC)C(=O)OOC(C)(C)C.CCCCC(CC)C(=O)OOC(C)(C)CCC(C)(C)OOC(=O)C(CC)CCCC.CCCCOC(=O)CCC(C)(OOC(C)(C)C)OOC(C)(C)C. The number of carbonyl (C=O) groups is 10. The van der Waals surface area contributed by atoms with Gasteiger partial charge < -0.3 is 24.1 Å². The Balaban J connectivity index is -0.000000508. The van der Waals surface area contributed by atoms with Crippen LogP contribution in [0.25, 0.3) is 0 Å². The van der Waals surface area contributed by atoms with Gasteiger partial charge in [0.2, 0.25) is 5.79 Å². The lowest BCUT2D eigenvalue weighted by atomic mass is 9.72. The van der Waals surface area contributed by atoms with Gasteiger partial charge >= 0.3 is 60.3 Å². The molecule has 0 radical (unpaired) electrons. The quantitative estimate of drug-likeness (QED) is 0.0113. The first-order valence-electron chi connectivity index (χ1n) is 49.9. The van der Waals surface area contributed by atoms with E-state index in [-0.39, 0.29) is 95.0 Å². The molecule has 0 spiro atoms. The van der Waals surface area contributed by atoms with Gasteiger partial charge in [-0.15, -0.1) is 0 Å². The largest absolute Gasteiger partial charge is 0.550 e. The van der Waals surface area contributed by atoms with Gasteiger partial charge in [0.15, 0.2) is 0 Å². The lowest BCUT2D eigenvalue weighted by Crippen LogP contribution is -2.39. The summed E-state index contributed by atoms with van der Waals surface area (Å²) in [7, 11) is 0. The zero-order valence-corrected chi connectivity index (χ0v) is 93.4. The minimum atomic E-state index is -1.22. The minimum absolute atomic E-state index is 0.0210. The van der Waals surface area contributed by atoms with E-state index in [2.05, 4.69) is 119 Å². The lowest BCUT2D eigenvalue weighted by Gasteiger charge is -2.36. The van der Waals surface area contributed by atoms with Gasteiger partial charge in [-0.3, -0.25) is 34.1 Å². The molecule has 0 aromatic rings. The highest BCUT2D eigenvalue weighted by molar-refractivity contribution is 5.90. The van der Waals surface area contributed by atoms with Gasteiger partial charge in [0.25, 0.3) is 0 Å². The summed E-state index contributed by atoms with van der Waals surface area (Å²) in [5.41, 5.74) is -3.56. The third kappa shape index (κ3) is 88.1. The molecule has 0 heterocycles. The van der Waals surface area contributed by atoms with E-state index >= 15 is 0 Å². The zero-order chi connectivity index (χ0) is 107.